The lowest BCUT2D eigenvalue weighted by atomic mass is 10.2. The molecule has 0 aliphatic carbocycles. The highest BCUT2D eigenvalue weighted by molar-refractivity contribution is 7.85. The molecule has 0 bridgehead atoms. The molecule has 0 saturated heterocycles. The third-order valence-electron chi connectivity index (χ3n) is 2.57. The lowest BCUT2D eigenvalue weighted by Crippen LogP contribution is -2.27. The number of nitrogens with zero attached hydrogens (tertiary/aromatic N) is 1. The van der Waals surface area contributed by atoms with Gasteiger partial charge >= 0.3 is 0 Å². The molecular weight excluding hydrogens is 245 g/mol. The van der Waals surface area contributed by atoms with E-state index in [2.05, 4.69) is 11.8 Å². The van der Waals surface area contributed by atoms with Crippen molar-refractivity contribution in [2.24, 2.45) is 0 Å². The van der Waals surface area contributed by atoms with Crippen molar-refractivity contribution in [3.63, 3.8) is 0 Å². The van der Waals surface area contributed by atoms with Crippen LogP contribution < -0.4 is 0 Å². The molecule has 104 valence electrons. The zero-order valence-corrected chi connectivity index (χ0v) is 11.4. The highest BCUT2D eigenvalue weighted by Crippen LogP contribution is 2.04. The van der Waals surface area contributed by atoms with Crippen LogP contribution in [0, 0.1) is 0 Å². The summed E-state index contributed by atoms with van der Waals surface area (Å²) in [6, 6.07) is 0. The van der Waals surface area contributed by atoms with Gasteiger partial charge in [-0.25, -0.2) is 4.39 Å². The van der Waals surface area contributed by atoms with Gasteiger partial charge in [-0.15, -0.1) is 0 Å². The van der Waals surface area contributed by atoms with E-state index in [0.717, 1.165) is 38.8 Å². The Balaban J connectivity index is 3.48. The molecule has 0 aromatic rings. The van der Waals surface area contributed by atoms with E-state index in [1.807, 2.05) is 0 Å². The fourth-order valence-corrected chi connectivity index (χ4v) is 2.31. The molecule has 0 aromatic carbocycles. The zero-order valence-electron chi connectivity index (χ0n) is 10.6. The van der Waals surface area contributed by atoms with Crippen molar-refractivity contribution in [3.8, 4) is 0 Å². The van der Waals surface area contributed by atoms with Crippen molar-refractivity contribution in [1.82, 2.24) is 4.90 Å². The number of halogens is 1. The van der Waals surface area contributed by atoms with Crippen LogP contribution in [0.25, 0.3) is 0 Å². The average molecular weight is 269 g/mol. The van der Waals surface area contributed by atoms with Gasteiger partial charge in [0.15, 0.2) is 0 Å². The molecule has 17 heavy (non-hydrogen) atoms. The van der Waals surface area contributed by atoms with Crippen LogP contribution in [0.3, 0.4) is 0 Å². The Kier molecular flexibility index (Phi) is 9.68. The minimum Gasteiger partial charge on any atom is -0.301 e. The Morgan fingerprint density at radius 2 is 1.71 bits per heavy atom. The maximum absolute atomic E-state index is 12.2. The first kappa shape index (κ1) is 16.8. The van der Waals surface area contributed by atoms with Crippen molar-refractivity contribution in [3.05, 3.63) is 0 Å². The minimum absolute atomic E-state index is 0.157. The first-order valence-corrected chi connectivity index (χ1v) is 7.84. The Morgan fingerprint density at radius 1 is 1.06 bits per heavy atom. The van der Waals surface area contributed by atoms with E-state index >= 15 is 0 Å². The lowest BCUT2D eigenvalue weighted by molar-refractivity contribution is 0.243. The summed E-state index contributed by atoms with van der Waals surface area (Å²) in [7, 11) is -3.80. The van der Waals surface area contributed by atoms with E-state index in [0.29, 0.717) is 13.0 Å². The second-order valence-electron chi connectivity index (χ2n) is 4.23. The monoisotopic (exact) mass is 269 g/mol. The summed E-state index contributed by atoms with van der Waals surface area (Å²) in [5, 5.41) is 0. The minimum atomic E-state index is -3.80. The summed E-state index contributed by atoms with van der Waals surface area (Å²) in [5.41, 5.74) is 0. The Hall–Kier alpha value is -0.200. The van der Waals surface area contributed by atoms with Crippen LogP contribution >= 0.6 is 0 Å². The van der Waals surface area contributed by atoms with Crippen LogP contribution in [0.4, 0.5) is 4.39 Å². The molecule has 6 heteroatoms. The second-order valence-corrected chi connectivity index (χ2v) is 5.80. The van der Waals surface area contributed by atoms with E-state index < -0.39 is 10.1 Å². The molecule has 0 amide bonds. The predicted molar refractivity (Wildman–Crippen MR) is 67.6 cm³/mol. The Labute approximate surface area is 104 Å². The smallest absolute Gasteiger partial charge is 0.264 e. The Morgan fingerprint density at radius 3 is 2.24 bits per heavy atom. The average Bonchev–Trinajstić information content (AvgIpc) is 2.22. The van der Waals surface area contributed by atoms with Crippen molar-refractivity contribution in [2.75, 3.05) is 32.1 Å². The van der Waals surface area contributed by atoms with Crippen molar-refractivity contribution < 1.29 is 17.4 Å². The van der Waals surface area contributed by atoms with E-state index in [4.69, 9.17) is 4.55 Å². The van der Waals surface area contributed by atoms with E-state index in [9.17, 15) is 12.8 Å². The van der Waals surface area contributed by atoms with Gasteiger partial charge in [-0.3, -0.25) is 4.55 Å². The normalized spacial score (nSPS) is 12.2. The van der Waals surface area contributed by atoms with Crippen LogP contribution in [-0.4, -0.2) is 49.9 Å². The molecule has 0 atom stereocenters. The van der Waals surface area contributed by atoms with E-state index in [1.54, 1.807) is 0 Å². The largest absolute Gasteiger partial charge is 0.301 e. The number of alkyl halides is 1. The molecule has 0 fully saturated rings. The molecule has 0 aliphatic rings. The molecular formula is C11H24FNO3S. The number of hydrogen-bond acceptors (Lipinski definition) is 3. The molecule has 0 heterocycles. The van der Waals surface area contributed by atoms with Gasteiger partial charge in [-0.2, -0.15) is 8.42 Å². The summed E-state index contributed by atoms with van der Waals surface area (Å²) < 4.78 is 41.6. The van der Waals surface area contributed by atoms with Gasteiger partial charge in [0.25, 0.3) is 10.1 Å². The lowest BCUT2D eigenvalue weighted by Gasteiger charge is -2.19. The van der Waals surface area contributed by atoms with Gasteiger partial charge < -0.3 is 4.90 Å². The number of hydrogen-bond donors (Lipinski definition) is 1. The van der Waals surface area contributed by atoms with Crippen LogP contribution in [0.1, 0.15) is 39.0 Å². The molecule has 0 saturated carbocycles. The van der Waals surface area contributed by atoms with Gasteiger partial charge in [0, 0.05) is 6.54 Å². The third-order valence-corrected chi connectivity index (χ3v) is 3.37. The van der Waals surface area contributed by atoms with Crippen molar-refractivity contribution in [1.29, 1.82) is 0 Å². The molecule has 0 unspecified atom stereocenters. The quantitative estimate of drug-likeness (QED) is 0.461. The van der Waals surface area contributed by atoms with Gasteiger partial charge in [-0.05, 0) is 32.4 Å². The fraction of sp³-hybridized carbons (Fsp3) is 1.00. The maximum Gasteiger partial charge on any atom is 0.264 e. The van der Waals surface area contributed by atoms with Crippen LogP contribution in [0.5, 0.6) is 0 Å². The SMILES string of the molecule is CCCN(CCF)CCCCCCS(=O)(=O)O. The van der Waals surface area contributed by atoms with Gasteiger partial charge in [0.1, 0.15) is 6.67 Å². The molecule has 0 radical (unpaired) electrons. The standard InChI is InChI=1S/C11H24FNO3S/c1-2-8-13(10-7-12)9-5-3-4-6-11-17(14,15)16/h2-11H2,1H3,(H,14,15,16). The van der Waals surface area contributed by atoms with Gasteiger partial charge in [0.2, 0.25) is 0 Å². The van der Waals surface area contributed by atoms with Crippen molar-refractivity contribution >= 4 is 10.1 Å². The fourth-order valence-electron chi connectivity index (χ4n) is 1.74. The molecule has 0 aliphatic heterocycles. The first-order chi connectivity index (χ1) is 7.99. The van der Waals surface area contributed by atoms with Crippen molar-refractivity contribution in [2.45, 2.75) is 39.0 Å². The predicted octanol–water partition coefficient (Wildman–Crippen LogP) is 2.12. The summed E-state index contributed by atoms with van der Waals surface area (Å²) in [6.45, 7) is 4.01. The zero-order chi connectivity index (χ0) is 13.1. The molecule has 4 nitrogen and oxygen atoms in total. The molecule has 0 spiro atoms. The first-order valence-electron chi connectivity index (χ1n) is 6.23. The Bertz CT molecular complexity index is 264. The van der Waals surface area contributed by atoms with Gasteiger partial charge in [-0.1, -0.05) is 19.8 Å². The summed E-state index contributed by atoms with van der Waals surface area (Å²) in [5.74, 6) is -0.157. The summed E-state index contributed by atoms with van der Waals surface area (Å²) in [4.78, 5) is 2.09. The second kappa shape index (κ2) is 9.79. The summed E-state index contributed by atoms with van der Waals surface area (Å²) >= 11 is 0. The van der Waals surface area contributed by atoms with Crippen LogP contribution in [-0.2, 0) is 10.1 Å². The van der Waals surface area contributed by atoms with Gasteiger partial charge in [0.05, 0.1) is 5.75 Å². The van der Waals surface area contributed by atoms with Crippen LogP contribution in [0.2, 0.25) is 0 Å². The highest BCUT2D eigenvalue weighted by atomic mass is 32.2. The highest BCUT2D eigenvalue weighted by Gasteiger charge is 2.05. The summed E-state index contributed by atoms with van der Waals surface area (Å²) in [6.07, 6.45) is 4.17. The molecule has 0 rings (SSSR count). The molecule has 1 N–H and O–H groups in total. The van der Waals surface area contributed by atoms with E-state index in [-0.39, 0.29) is 12.4 Å². The van der Waals surface area contributed by atoms with Crippen LogP contribution in [0.15, 0.2) is 0 Å². The number of unbranched alkanes of at least 4 members (excludes halogenated alkanes) is 3. The van der Waals surface area contributed by atoms with E-state index in [1.165, 1.54) is 0 Å². The topological polar surface area (TPSA) is 57.6 Å². The maximum atomic E-state index is 12.2. The number of rotatable bonds is 11. The third kappa shape index (κ3) is 12.1. The molecule has 0 aromatic heterocycles.